The summed E-state index contributed by atoms with van der Waals surface area (Å²) in [7, 11) is -2.51. The molecule has 4 heteroatoms. The fourth-order valence-electron chi connectivity index (χ4n) is 3.62. The van der Waals surface area contributed by atoms with Gasteiger partial charge in [0.15, 0.2) is 5.78 Å². The molecule has 0 aliphatic carbocycles. The maximum atomic E-state index is 11.0. The lowest BCUT2D eigenvalue weighted by Gasteiger charge is -2.43. The summed E-state index contributed by atoms with van der Waals surface area (Å²) in [6.45, 7) is 8.81. The molecule has 0 amide bonds. The van der Waals surface area contributed by atoms with Crippen LogP contribution < -0.4 is 10.4 Å². The van der Waals surface area contributed by atoms with Crippen LogP contribution in [0.2, 0.25) is 5.04 Å². The second-order valence-electron chi connectivity index (χ2n) is 8.19. The lowest BCUT2D eigenvalue weighted by molar-refractivity contribution is -0.112. The Morgan fingerprint density at radius 1 is 1.04 bits per heavy atom. The molecule has 0 fully saturated rings. The van der Waals surface area contributed by atoms with Crippen molar-refractivity contribution >= 4 is 24.5 Å². The second-order valence-corrected chi connectivity index (χ2v) is 12.5. The third-order valence-corrected chi connectivity index (χ3v) is 9.97. The number of carbonyl (C=O) groups excluding carboxylic acids is 1. The summed E-state index contributed by atoms with van der Waals surface area (Å²) in [5.41, 5.74) is 0. The summed E-state index contributed by atoms with van der Waals surface area (Å²) in [4.78, 5) is 11.0. The van der Waals surface area contributed by atoms with Crippen LogP contribution in [-0.2, 0) is 9.22 Å². The van der Waals surface area contributed by atoms with Gasteiger partial charge in [0.1, 0.15) is 0 Å². The standard InChI is InChI=1S/C24H32O3Si/c1-20(25)17-18-21(26)12-11-19-27-28(24(2,3)4,22-13-7-5-8-14-22)23-15-9-6-10-16-23/h5-10,13-18,21,26H,11-12,19H2,1-4H3/b18-17+. The highest BCUT2D eigenvalue weighted by Crippen LogP contribution is 2.36. The van der Waals surface area contributed by atoms with Gasteiger partial charge in [0.2, 0.25) is 0 Å². The smallest absolute Gasteiger partial charge is 0.261 e. The number of aliphatic hydroxyl groups excluding tert-OH is 1. The SMILES string of the molecule is CC(=O)/C=C/C(O)CCCO[Si](c1ccccc1)(c1ccccc1)C(C)(C)C. The van der Waals surface area contributed by atoms with Crippen LogP contribution in [0.3, 0.4) is 0 Å². The van der Waals surface area contributed by atoms with E-state index in [4.69, 9.17) is 4.43 Å². The zero-order chi connectivity index (χ0) is 20.6. The molecular weight excluding hydrogens is 364 g/mol. The third kappa shape index (κ3) is 5.50. The normalized spacial score (nSPS) is 13.6. The van der Waals surface area contributed by atoms with E-state index >= 15 is 0 Å². The van der Waals surface area contributed by atoms with Crippen molar-refractivity contribution in [3.8, 4) is 0 Å². The molecule has 2 aromatic rings. The van der Waals surface area contributed by atoms with E-state index in [1.807, 2.05) is 12.1 Å². The number of hydrogen-bond donors (Lipinski definition) is 1. The van der Waals surface area contributed by atoms with Crippen molar-refractivity contribution in [3.05, 3.63) is 72.8 Å². The van der Waals surface area contributed by atoms with Gasteiger partial charge in [-0.05, 0) is 41.3 Å². The summed E-state index contributed by atoms with van der Waals surface area (Å²) >= 11 is 0. The van der Waals surface area contributed by atoms with E-state index in [0.717, 1.165) is 6.42 Å². The number of aliphatic hydroxyl groups is 1. The van der Waals surface area contributed by atoms with Gasteiger partial charge in [0.05, 0.1) is 6.10 Å². The predicted octanol–water partition coefficient (Wildman–Crippen LogP) is 3.85. The fourth-order valence-corrected chi connectivity index (χ4v) is 8.23. The molecule has 0 heterocycles. The van der Waals surface area contributed by atoms with Crippen molar-refractivity contribution in [3.63, 3.8) is 0 Å². The highest BCUT2D eigenvalue weighted by Gasteiger charge is 2.49. The van der Waals surface area contributed by atoms with Gasteiger partial charge in [-0.25, -0.2) is 0 Å². The first-order valence-corrected chi connectivity index (χ1v) is 11.8. The number of rotatable bonds is 9. The van der Waals surface area contributed by atoms with Crippen LogP contribution in [0.4, 0.5) is 0 Å². The van der Waals surface area contributed by atoms with Gasteiger partial charge in [-0.15, -0.1) is 0 Å². The van der Waals surface area contributed by atoms with Gasteiger partial charge in [-0.3, -0.25) is 4.79 Å². The van der Waals surface area contributed by atoms with Crippen LogP contribution in [0, 0.1) is 0 Å². The van der Waals surface area contributed by atoms with Crippen molar-refractivity contribution in [1.82, 2.24) is 0 Å². The molecule has 1 unspecified atom stereocenters. The average Bonchev–Trinajstić information content (AvgIpc) is 2.67. The monoisotopic (exact) mass is 396 g/mol. The van der Waals surface area contributed by atoms with Gasteiger partial charge < -0.3 is 9.53 Å². The lowest BCUT2D eigenvalue weighted by atomic mass is 10.2. The highest BCUT2D eigenvalue weighted by molar-refractivity contribution is 6.99. The van der Waals surface area contributed by atoms with Crippen LogP contribution in [0.1, 0.15) is 40.5 Å². The molecule has 0 spiro atoms. The van der Waals surface area contributed by atoms with E-state index in [1.54, 1.807) is 6.08 Å². The Morgan fingerprint density at radius 3 is 1.96 bits per heavy atom. The molecule has 2 aromatic carbocycles. The maximum Gasteiger partial charge on any atom is 0.261 e. The molecule has 1 atom stereocenters. The Bertz CT molecular complexity index is 724. The predicted molar refractivity (Wildman–Crippen MR) is 119 cm³/mol. The molecule has 0 saturated carbocycles. The number of carbonyl (C=O) groups is 1. The van der Waals surface area contributed by atoms with E-state index in [1.165, 1.54) is 23.4 Å². The summed E-state index contributed by atoms with van der Waals surface area (Å²) in [5.74, 6) is -0.0531. The molecule has 2 rings (SSSR count). The van der Waals surface area contributed by atoms with Gasteiger partial charge >= 0.3 is 0 Å². The number of allylic oxidation sites excluding steroid dienone is 1. The van der Waals surface area contributed by atoms with Crippen LogP contribution in [0.25, 0.3) is 0 Å². The van der Waals surface area contributed by atoms with Crippen LogP contribution in [0.15, 0.2) is 72.8 Å². The summed E-state index contributed by atoms with van der Waals surface area (Å²) in [6, 6.07) is 21.1. The topological polar surface area (TPSA) is 46.5 Å². The average molecular weight is 397 g/mol. The highest BCUT2D eigenvalue weighted by atomic mass is 28.4. The number of benzene rings is 2. The Kier molecular flexibility index (Phi) is 7.93. The largest absolute Gasteiger partial charge is 0.407 e. The first-order chi connectivity index (χ1) is 13.3. The van der Waals surface area contributed by atoms with Gasteiger partial charge in [-0.1, -0.05) is 87.5 Å². The van der Waals surface area contributed by atoms with Gasteiger partial charge in [0, 0.05) is 6.61 Å². The third-order valence-electron chi connectivity index (χ3n) is 4.93. The van der Waals surface area contributed by atoms with E-state index in [9.17, 15) is 9.90 Å². The van der Waals surface area contributed by atoms with E-state index in [-0.39, 0.29) is 10.8 Å². The van der Waals surface area contributed by atoms with E-state index in [0.29, 0.717) is 13.0 Å². The van der Waals surface area contributed by atoms with Crippen LogP contribution in [-0.4, -0.2) is 31.9 Å². The van der Waals surface area contributed by atoms with E-state index in [2.05, 4.69) is 69.3 Å². The molecule has 0 aliphatic rings. The summed E-state index contributed by atoms with van der Waals surface area (Å²) < 4.78 is 6.78. The molecule has 28 heavy (non-hydrogen) atoms. The minimum Gasteiger partial charge on any atom is -0.407 e. The first kappa shape index (κ1) is 22.3. The Hall–Kier alpha value is -2.01. The fraction of sp³-hybridized carbons (Fsp3) is 0.375. The van der Waals surface area contributed by atoms with Crippen molar-refractivity contribution in [2.45, 2.75) is 51.7 Å². The maximum absolute atomic E-state index is 11.0. The second kappa shape index (κ2) is 9.96. The quantitative estimate of drug-likeness (QED) is 0.398. The van der Waals surface area contributed by atoms with Crippen molar-refractivity contribution in [1.29, 1.82) is 0 Å². The summed E-state index contributed by atoms with van der Waals surface area (Å²) in [6.07, 6.45) is 3.67. The Balaban J connectivity index is 2.26. The van der Waals surface area contributed by atoms with Crippen LogP contribution in [0.5, 0.6) is 0 Å². The molecule has 0 aromatic heterocycles. The van der Waals surface area contributed by atoms with E-state index < -0.39 is 14.4 Å². The Morgan fingerprint density at radius 2 is 1.54 bits per heavy atom. The molecule has 3 nitrogen and oxygen atoms in total. The summed E-state index contributed by atoms with van der Waals surface area (Å²) in [5, 5.41) is 12.5. The number of ketones is 1. The molecule has 0 saturated heterocycles. The molecule has 0 radical (unpaired) electrons. The molecule has 1 N–H and O–H groups in total. The minimum absolute atomic E-state index is 0.0527. The van der Waals surface area contributed by atoms with Crippen molar-refractivity contribution < 1.29 is 14.3 Å². The zero-order valence-electron chi connectivity index (χ0n) is 17.4. The molecule has 0 bridgehead atoms. The Labute approximate surface area is 170 Å². The number of hydrogen-bond acceptors (Lipinski definition) is 3. The van der Waals surface area contributed by atoms with Gasteiger partial charge in [0.25, 0.3) is 8.32 Å². The van der Waals surface area contributed by atoms with Crippen molar-refractivity contribution in [2.24, 2.45) is 0 Å². The van der Waals surface area contributed by atoms with Crippen LogP contribution >= 0.6 is 0 Å². The van der Waals surface area contributed by atoms with Gasteiger partial charge in [-0.2, -0.15) is 0 Å². The molecule has 0 aliphatic heterocycles. The van der Waals surface area contributed by atoms with Crippen molar-refractivity contribution in [2.75, 3.05) is 6.61 Å². The molecular formula is C24H32O3Si. The lowest BCUT2D eigenvalue weighted by Crippen LogP contribution is -2.66. The zero-order valence-corrected chi connectivity index (χ0v) is 18.4. The first-order valence-electron chi connectivity index (χ1n) is 9.89. The minimum atomic E-state index is -2.51. The molecule has 150 valence electrons.